The number of benzene rings is 1. The fourth-order valence-corrected chi connectivity index (χ4v) is 8.36. The lowest BCUT2D eigenvalue weighted by Crippen LogP contribution is -2.56. The predicted octanol–water partition coefficient (Wildman–Crippen LogP) is 5.27. The van der Waals surface area contributed by atoms with E-state index < -0.39 is 10.0 Å². The minimum Gasteiger partial charge on any atom is -0.207 e. The van der Waals surface area contributed by atoms with Crippen molar-refractivity contribution in [3.63, 3.8) is 0 Å². The van der Waals surface area contributed by atoms with Crippen LogP contribution in [0.4, 0.5) is 0 Å². The number of nitrogens with one attached hydrogen (secondary N) is 1. The van der Waals surface area contributed by atoms with E-state index in [1.807, 2.05) is 0 Å². The van der Waals surface area contributed by atoms with Crippen molar-refractivity contribution in [3.8, 4) is 0 Å². The summed E-state index contributed by atoms with van der Waals surface area (Å²) >= 11 is 12.1. The van der Waals surface area contributed by atoms with Gasteiger partial charge in [-0.3, -0.25) is 0 Å². The van der Waals surface area contributed by atoms with E-state index in [1.54, 1.807) is 12.1 Å². The summed E-state index contributed by atoms with van der Waals surface area (Å²) in [5, 5.41) is 0.602. The van der Waals surface area contributed by atoms with E-state index in [1.165, 1.54) is 44.6 Å². The maximum absolute atomic E-state index is 13.0. The van der Waals surface area contributed by atoms with Gasteiger partial charge in [0.2, 0.25) is 10.0 Å². The molecule has 0 aliphatic heterocycles. The second-order valence-corrected chi connectivity index (χ2v) is 11.0. The summed E-state index contributed by atoms with van der Waals surface area (Å²) in [6, 6.07) is 4.57. The summed E-state index contributed by atoms with van der Waals surface area (Å²) in [6.07, 6.45) is 8.37. The van der Waals surface area contributed by atoms with Gasteiger partial charge in [0.25, 0.3) is 0 Å². The van der Waals surface area contributed by atoms with Crippen LogP contribution in [-0.2, 0) is 10.0 Å². The topological polar surface area (TPSA) is 46.2 Å². The van der Waals surface area contributed by atoms with Crippen LogP contribution < -0.4 is 4.72 Å². The fraction of sp³-hybridized carbons (Fsp3) is 0.684. The van der Waals surface area contributed by atoms with Crippen LogP contribution in [-0.4, -0.2) is 14.5 Å². The Hall–Kier alpha value is -0.290. The molecule has 4 aliphatic rings. The third-order valence-electron chi connectivity index (χ3n) is 6.71. The largest absolute Gasteiger partial charge is 0.242 e. The Morgan fingerprint density at radius 3 is 2.20 bits per heavy atom. The Bertz CT molecular complexity index is 742. The first kappa shape index (κ1) is 18.1. The highest BCUT2D eigenvalue weighted by Crippen LogP contribution is 2.61. The van der Waals surface area contributed by atoms with Crippen molar-refractivity contribution in [2.45, 2.75) is 62.8 Å². The van der Waals surface area contributed by atoms with Crippen molar-refractivity contribution in [1.82, 2.24) is 4.72 Å². The van der Waals surface area contributed by atoms with Gasteiger partial charge in [0.15, 0.2) is 0 Å². The molecular formula is C19H25Cl2NO2S. The fourth-order valence-electron chi connectivity index (χ4n) is 6.18. The number of hydrogen-bond acceptors (Lipinski definition) is 2. The second-order valence-electron chi connectivity index (χ2n) is 8.44. The lowest BCUT2D eigenvalue weighted by Gasteiger charge is -2.59. The monoisotopic (exact) mass is 401 g/mol. The average Bonchev–Trinajstić information content (AvgIpc) is 2.53. The molecule has 4 aliphatic carbocycles. The van der Waals surface area contributed by atoms with Crippen LogP contribution in [0.5, 0.6) is 0 Å². The molecule has 0 radical (unpaired) electrons. The van der Waals surface area contributed by atoms with Gasteiger partial charge in [-0.2, -0.15) is 0 Å². The highest BCUT2D eigenvalue weighted by atomic mass is 35.5. The standard InChI is InChI=1S/C19H25Cl2NO2S/c1-2-18(19-9-12-5-13(10-19)7-14(6-12)11-19)22-25(23,24)17-8-15(20)3-4-16(17)21/h3-4,8,12-14,18,22H,2,5-7,9-11H2,1H3. The van der Waals surface area contributed by atoms with Crippen molar-refractivity contribution in [1.29, 1.82) is 0 Å². The Balaban J connectivity index is 1.63. The van der Waals surface area contributed by atoms with E-state index >= 15 is 0 Å². The van der Waals surface area contributed by atoms with E-state index in [2.05, 4.69) is 11.6 Å². The summed E-state index contributed by atoms with van der Waals surface area (Å²) in [6.45, 7) is 2.09. The predicted molar refractivity (Wildman–Crippen MR) is 101 cm³/mol. The molecule has 0 heterocycles. The third-order valence-corrected chi connectivity index (χ3v) is 8.90. The number of rotatable bonds is 5. The van der Waals surface area contributed by atoms with Gasteiger partial charge < -0.3 is 0 Å². The summed E-state index contributed by atoms with van der Waals surface area (Å²) in [5.41, 5.74) is 0.127. The normalized spacial score (nSPS) is 35.1. The van der Waals surface area contributed by atoms with Gasteiger partial charge >= 0.3 is 0 Å². The van der Waals surface area contributed by atoms with Gasteiger partial charge in [0.05, 0.1) is 5.02 Å². The molecule has 138 valence electrons. The van der Waals surface area contributed by atoms with Crippen LogP contribution in [0.1, 0.15) is 51.9 Å². The smallest absolute Gasteiger partial charge is 0.207 e. The Morgan fingerprint density at radius 2 is 1.68 bits per heavy atom. The number of halogens is 2. The summed E-state index contributed by atoms with van der Waals surface area (Å²) < 4.78 is 29.0. The SMILES string of the molecule is CCC(NS(=O)(=O)c1cc(Cl)ccc1Cl)C12CC3CC(CC(C3)C1)C2. The summed E-state index contributed by atoms with van der Waals surface area (Å²) in [5.74, 6) is 2.37. The molecule has 0 spiro atoms. The van der Waals surface area contributed by atoms with E-state index in [-0.39, 0.29) is 21.4 Å². The molecule has 0 aromatic heterocycles. The molecule has 3 nitrogen and oxygen atoms in total. The molecule has 0 amide bonds. The van der Waals surface area contributed by atoms with Gasteiger partial charge in [-0.25, -0.2) is 13.1 Å². The average molecular weight is 402 g/mol. The maximum Gasteiger partial charge on any atom is 0.242 e. The molecule has 4 saturated carbocycles. The van der Waals surface area contributed by atoms with Crippen molar-refractivity contribution in [3.05, 3.63) is 28.2 Å². The molecule has 6 heteroatoms. The van der Waals surface area contributed by atoms with E-state index in [0.717, 1.165) is 24.2 Å². The van der Waals surface area contributed by atoms with Crippen LogP contribution in [0.25, 0.3) is 0 Å². The lowest BCUT2D eigenvalue weighted by molar-refractivity contribution is -0.0704. The van der Waals surface area contributed by atoms with Crippen molar-refractivity contribution >= 4 is 33.2 Å². The zero-order valence-electron chi connectivity index (χ0n) is 14.5. The van der Waals surface area contributed by atoms with Crippen molar-refractivity contribution in [2.75, 3.05) is 0 Å². The molecule has 1 aromatic rings. The van der Waals surface area contributed by atoms with Gasteiger partial charge in [-0.15, -0.1) is 0 Å². The van der Waals surface area contributed by atoms with Gasteiger partial charge in [-0.1, -0.05) is 30.1 Å². The Labute approximate surface area is 160 Å². The highest BCUT2D eigenvalue weighted by Gasteiger charge is 2.54. The zero-order valence-corrected chi connectivity index (χ0v) is 16.8. The summed E-state index contributed by atoms with van der Waals surface area (Å²) in [4.78, 5) is 0.0878. The molecule has 4 fully saturated rings. The zero-order chi connectivity index (χ0) is 17.8. The molecule has 1 unspecified atom stereocenters. The lowest BCUT2D eigenvalue weighted by atomic mass is 9.47. The summed E-state index contributed by atoms with van der Waals surface area (Å²) in [7, 11) is -3.68. The van der Waals surface area contributed by atoms with Gasteiger partial charge in [0.1, 0.15) is 4.90 Å². The van der Waals surface area contributed by atoms with Crippen molar-refractivity contribution in [2.24, 2.45) is 23.2 Å². The number of hydrogen-bond donors (Lipinski definition) is 1. The molecule has 4 bridgehead atoms. The third kappa shape index (κ3) is 3.24. The van der Waals surface area contributed by atoms with Crippen LogP contribution in [0.3, 0.4) is 0 Å². The van der Waals surface area contributed by atoms with Gasteiger partial charge in [0, 0.05) is 11.1 Å². The quantitative estimate of drug-likeness (QED) is 0.730. The van der Waals surface area contributed by atoms with E-state index in [0.29, 0.717) is 5.02 Å². The van der Waals surface area contributed by atoms with Crippen LogP contribution in [0, 0.1) is 23.2 Å². The van der Waals surface area contributed by atoms with E-state index in [4.69, 9.17) is 23.2 Å². The Morgan fingerprint density at radius 1 is 1.12 bits per heavy atom. The van der Waals surface area contributed by atoms with E-state index in [9.17, 15) is 8.42 Å². The molecule has 5 rings (SSSR count). The van der Waals surface area contributed by atoms with Gasteiger partial charge in [-0.05, 0) is 86.3 Å². The van der Waals surface area contributed by atoms with Crippen molar-refractivity contribution < 1.29 is 8.42 Å². The number of sulfonamides is 1. The maximum atomic E-state index is 13.0. The minimum absolute atomic E-state index is 0.0269. The molecule has 1 atom stereocenters. The van der Waals surface area contributed by atoms with Crippen LogP contribution in [0.15, 0.2) is 23.1 Å². The molecule has 1 aromatic carbocycles. The molecule has 0 saturated heterocycles. The van der Waals surface area contributed by atoms with Crippen LogP contribution >= 0.6 is 23.2 Å². The molecule has 1 N–H and O–H groups in total. The van der Waals surface area contributed by atoms with Crippen LogP contribution in [0.2, 0.25) is 10.0 Å². The first-order chi connectivity index (χ1) is 11.8. The minimum atomic E-state index is -3.68. The second kappa shape index (κ2) is 6.40. The Kier molecular flexibility index (Phi) is 4.63. The highest BCUT2D eigenvalue weighted by molar-refractivity contribution is 7.89. The first-order valence-corrected chi connectivity index (χ1v) is 11.5. The first-order valence-electron chi connectivity index (χ1n) is 9.29. The molecule has 25 heavy (non-hydrogen) atoms. The molecular weight excluding hydrogens is 377 g/mol.